The van der Waals surface area contributed by atoms with Crippen molar-refractivity contribution in [3.63, 3.8) is 0 Å². The highest BCUT2D eigenvalue weighted by atomic mass is 35.5. The summed E-state index contributed by atoms with van der Waals surface area (Å²) in [7, 11) is 0. The molecule has 0 spiro atoms. The van der Waals surface area contributed by atoms with Gasteiger partial charge in [-0.3, -0.25) is 4.79 Å². The van der Waals surface area contributed by atoms with Crippen LogP contribution >= 0.6 is 23.2 Å². The van der Waals surface area contributed by atoms with Gasteiger partial charge in [0.2, 0.25) is 5.88 Å². The van der Waals surface area contributed by atoms with E-state index >= 15 is 0 Å². The molecule has 3 rings (SSSR count). The fourth-order valence-corrected chi connectivity index (χ4v) is 2.60. The number of nitrogens with one attached hydrogen (secondary N) is 1. The van der Waals surface area contributed by atoms with E-state index in [0.29, 0.717) is 27.2 Å². The van der Waals surface area contributed by atoms with E-state index in [2.05, 4.69) is 10.3 Å². The second-order valence-electron chi connectivity index (χ2n) is 5.77. The van der Waals surface area contributed by atoms with Crippen LogP contribution in [0.4, 0.5) is 5.69 Å². The summed E-state index contributed by atoms with van der Waals surface area (Å²) in [6.07, 6.45) is 1.54. The number of carbonyl (C=O) groups is 1. The van der Waals surface area contributed by atoms with Crippen LogP contribution in [-0.4, -0.2) is 10.9 Å². The molecule has 2 aromatic carbocycles. The Balaban J connectivity index is 1.70. The predicted octanol–water partition coefficient (Wildman–Crippen LogP) is 6.05. The van der Waals surface area contributed by atoms with Gasteiger partial charge in [0.1, 0.15) is 5.75 Å². The maximum Gasteiger partial charge on any atom is 0.255 e. The Labute approximate surface area is 161 Å². The number of halogens is 2. The van der Waals surface area contributed by atoms with Gasteiger partial charge in [0.25, 0.3) is 5.91 Å². The Kier molecular flexibility index (Phi) is 5.45. The Morgan fingerprint density at radius 3 is 2.54 bits per heavy atom. The van der Waals surface area contributed by atoms with Crippen molar-refractivity contribution < 1.29 is 9.53 Å². The molecule has 0 aliphatic rings. The summed E-state index contributed by atoms with van der Waals surface area (Å²) in [5.74, 6) is 0.907. The van der Waals surface area contributed by atoms with Crippen molar-refractivity contribution in [2.75, 3.05) is 5.32 Å². The summed E-state index contributed by atoms with van der Waals surface area (Å²) in [4.78, 5) is 16.5. The van der Waals surface area contributed by atoms with Crippen molar-refractivity contribution in [1.29, 1.82) is 0 Å². The van der Waals surface area contributed by atoms with Gasteiger partial charge in [0.05, 0.1) is 21.9 Å². The Hall–Kier alpha value is -2.56. The SMILES string of the molecule is Cc1cccc(Oc2ccc(NC(=O)c3ccc(Cl)c(Cl)c3)cn2)c1C. The molecule has 0 aliphatic heterocycles. The van der Waals surface area contributed by atoms with Crippen LogP contribution in [0.25, 0.3) is 0 Å². The van der Waals surface area contributed by atoms with Crippen LogP contribution in [0.15, 0.2) is 54.7 Å². The van der Waals surface area contributed by atoms with Crippen LogP contribution in [0.2, 0.25) is 10.0 Å². The maximum absolute atomic E-state index is 12.3. The molecular weight excluding hydrogens is 371 g/mol. The van der Waals surface area contributed by atoms with Crippen LogP contribution < -0.4 is 10.1 Å². The molecule has 0 aliphatic carbocycles. The Morgan fingerprint density at radius 2 is 1.85 bits per heavy atom. The highest BCUT2D eigenvalue weighted by Crippen LogP contribution is 2.26. The molecule has 3 aromatic rings. The predicted molar refractivity (Wildman–Crippen MR) is 105 cm³/mol. The molecule has 0 unspecified atom stereocenters. The number of benzene rings is 2. The van der Waals surface area contributed by atoms with E-state index < -0.39 is 0 Å². The van der Waals surface area contributed by atoms with Gasteiger partial charge in [0, 0.05) is 11.6 Å². The molecule has 1 amide bonds. The first-order chi connectivity index (χ1) is 12.4. The average molecular weight is 387 g/mol. The summed E-state index contributed by atoms with van der Waals surface area (Å²) in [6, 6.07) is 14.0. The minimum Gasteiger partial charge on any atom is -0.439 e. The second kappa shape index (κ2) is 7.77. The molecule has 132 valence electrons. The number of aryl methyl sites for hydroxylation is 1. The second-order valence-corrected chi connectivity index (χ2v) is 6.58. The van der Waals surface area contributed by atoms with Crippen LogP contribution in [0, 0.1) is 13.8 Å². The first-order valence-corrected chi connectivity index (χ1v) is 8.66. The third-order valence-electron chi connectivity index (χ3n) is 3.95. The van der Waals surface area contributed by atoms with E-state index in [1.165, 1.54) is 12.3 Å². The smallest absolute Gasteiger partial charge is 0.255 e. The number of hydrogen-bond acceptors (Lipinski definition) is 3. The van der Waals surface area contributed by atoms with E-state index in [9.17, 15) is 4.79 Å². The highest BCUT2D eigenvalue weighted by Gasteiger charge is 2.09. The largest absolute Gasteiger partial charge is 0.439 e. The number of aromatic nitrogens is 1. The number of amides is 1. The third kappa shape index (κ3) is 4.15. The van der Waals surface area contributed by atoms with Gasteiger partial charge >= 0.3 is 0 Å². The number of ether oxygens (including phenoxy) is 1. The van der Waals surface area contributed by atoms with Gasteiger partial charge in [-0.15, -0.1) is 0 Å². The molecule has 1 heterocycles. The molecule has 4 nitrogen and oxygen atoms in total. The summed E-state index contributed by atoms with van der Waals surface area (Å²) < 4.78 is 5.81. The highest BCUT2D eigenvalue weighted by molar-refractivity contribution is 6.42. The molecule has 6 heteroatoms. The fraction of sp³-hybridized carbons (Fsp3) is 0.100. The van der Waals surface area contributed by atoms with Crippen molar-refractivity contribution in [3.8, 4) is 11.6 Å². The molecule has 0 atom stereocenters. The molecule has 0 saturated carbocycles. The lowest BCUT2D eigenvalue weighted by Crippen LogP contribution is -2.12. The van der Waals surface area contributed by atoms with Crippen molar-refractivity contribution in [2.24, 2.45) is 0 Å². The standard InChI is InChI=1S/C20H16Cl2N2O2/c1-12-4-3-5-18(13(12)2)26-19-9-7-15(11-23-19)24-20(25)14-6-8-16(21)17(22)10-14/h3-11H,1-2H3,(H,24,25). The number of anilines is 1. The maximum atomic E-state index is 12.3. The minimum absolute atomic E-state index is 0.298. The van der Waals surface area contributed by atoms with Crippen molar-refractivity contribution in [2.45, 2.75) is 13.8 Å². The molecule has 26 heavy (non-hydrogen) atoms. The van der Waals surface area contributed by atoms with E-state index in [-0.39, 0.29) is 5.91 Å². The number of carbonyl (C=O) groups excluding carboxylic acids is 1. The molecule has 1 N–H and O–H groups in total. The van der Waals surface area contributed by atoms with Gasteiger partial charge in [-0.05, 0) is 55.3 Å². The lowest BCUT2D eigenvalue weighted by Gasteiger charge is -2.10. The van der Waals surface area contributed by atoms with Crippen molar-refractivity contribution >= 4 is 34.8 Å². The molecule has 0 fully saturated rings. The van der Waals surface area contributed by atoms with Crippen molar-refractivity contribution in [1.82, 2.24) is 4.98 Å². The monoisotopic (exact) mass is 386 g/mol. The van der Waals surface area contributed by atoms with Crippen LogP contribution in [0.1, 0.15) is 21.5 Å². The fourth-order valence-electron chi connectivity index (χ4n) is 2.30. The molecular formula is C20H16Cl2N2O2. The lowest BCUT2D eigenvalue weighted by molar-refractivity contribution is 0.102. The zero-order chi connectivity index (χ0) is 18.7. The third-order valence-corrected chi connectivity index (χ3v) is 4.68. The van der Waals surface area contributed by atoms with Gasteiger partial charge in [-0.25, -0.2) is 4.98 Å². The summed E-state index contributed by atoms with van der Waals surface area (Å²) in [6.45, 7) is 4.02. The molecule has 1 aromatic heterocycles. The van der Waals surface area contributed by atoms with Crippen LogP contribution in [0.3, 0.4) is 0 Å². The quantitative estimate of drug-likeness (QED) is 0.593. The molecule has 0 radical (unpaired) electrons. The van der Waals surface area contributed by atoms with Gasteiger partial charge < -0.3 is 10.1 Å². The zero-order valence-electron chi connectivity index (χ0n) is 14.2. The van der Waals surface area contributed by atoms with Crippen LogP contribution in [0.5, 0.6) is 11.6 Å². The van der Waals surface area contributed by atoms with Crippen molar-refractivity contribution in [3.05, 3.63) is 81.5 Å². The van der Waals surface area contributed by atoms with E-state index in [0.717, 1.165) is 16.9 Å². The average Bonchev–Trinajstić information content (AvgIpc) is 2.63. The minimum atomic E-state index is -0.298. The normalized spacial score (nSPS) is 10.5. The number of hydrogen-bond donors (Lipinski definition) is 1. The first kappa shape index (κ1) is 18.2. The number of pyridine rings is 1. The van der Waals surface area contributed by atoms with E-state index in [1.807, 2.05) is 32.0 Å². The first-order valence-electron chi connectivity index (χ1n) is 7.90. The van der Waals surface area contributed by atoms with Gasteiger partial charge in [0.15, 0.2) is 0 Å². The van der Waals surface area contributed by atoms with Crippen LogP contribution in [-0.2, 0) is 0 Å². The Morgan fingerprint density at radius 1 is 1.04 bits per heavy atom. The Bertz CT molecular complexity index is 957. The lowest BCUT2D eigenvalue weighted by atomic mass is 10.1. The molecule has 0 saturated heterocycles. The van der Waals surface area contributed by atoms with Gasteiger partial charge in [-0.1, -0.05) is 35.3 Å². The summed E-state index contributed by atoms with van der Waals surface area (Å²) in [5.41, 5.74) is 3.17. The number of nitrogens with zero attached hydrogens (tertiary/aromatic N) is 1. The zero-order valence-corrected chi connectivity index (χ0v) is 15.7. The molecule has 0 bridgehead atoms. The van der Waals surface area contributed by atoms with E-state index in [4.69, 9.17) is 27.9 Å². The van der Waals surface area contributed by atoms with E-state index in [1.54, 1.807) is 24.3 Å². The summed E-state index contributed by atoms with van der Waals surface area (Å²) >= 11 is 11.8. The number of rotatable bonds is 4. The van der Waals surface area contributed by atoms with Gasteiger partial charge in [-0.2, -0.15) is 0 Å². The summed E-state index contributed by atoms with van der Waals surface area (Å²) in [5, 5.41) is 3.49. The topological polar surface area (TPSA) is 51.2 Å².